The highest BCUT2D eigenvalue weighted by Crippen LogP contribution is 2.30. The maximum absolute atomic E-state index is 8.82. The van der Waals surface area contributed by atoms with Crippen molar-refractivity contribution in [3.8, 4) is 11.3 Å². The molecule has 0 radical (unpaired) electrons. The molecule has 0 saturated heterocycles. The highest BCUT2D eigenvalue weighted by atomic mass is 15.0. The molecule has 0 atom stereocenters. The molecule has 0 amide bonds. The number of rotatable bonds is 2. The molecule has 0 fully saturated rings. The minimum atomic E-state index is -2.43. The Morgan fingerprint density at radius 1 is 1.22 bits per heavy atom. The molecule has 3 nitrogen and oxygen atoms in total. The first-order valence-corrected chi connectivity index (χ1v) is 9.15. The van der Waals surface area contributed by atoms with E-state index in [2.05, 4.69) is 0 Å². The van der Waals surface area contributed by atoms with Crippen LogP contribution in [0.4, 0.5) is 0 Å². The van der Waals surface area contributed by atoms with Gasteiger partial charge in [-0.25, -0.2) is 9.55 Å². The summed E-state index contributed by atoms with van der Waals surface area (Å²) in [6.07, 6.45) is 1.68. The van der Waals surface area contributed by atoms with E-state index in [0.29, 0.717) is 0 Å². The van der Waals surface area contributed by atoms with Crippen LogP contribution in [0.1, 0.15) is 44.3 Å². The van der Waals surface area contributed by atoms with Crippen molar-refractivity contribution in [2.24, 2.45) is 12.5 Å². The topological polar surface area (TPSA) is 21.2 Å². The molecule has 0 unspecified atom stereocenters. The van der Waals surface area contributed by atoms with Crippen LogP contribution in [0.25, 0.3) is 27.9 Å². The lowest BCUT2D eigenvalue weighted by Gasteiger charge is -2.19. The molecule has 3 aromatic heterocycles. The molecule has 3 heteroatoms. The molecule has 0 aliphatic heterocycles. The SMILES string of the molecule is [2H]C([2H])([2H])c1c[n+](C)c(-c2ccc3c(nc4ccccn43)c2C)cc1C([2H])([2H])C(C)(C)C. The van der Waals surface area contributed by atoms with Crippen LogP contribution >= 0.6 is 0 Å². The zero-order valence-corrected chi connectivity index (χ0v) is 16.5. The van der Waals surface area contributed by atoms with Crippen LogP contribution in [-0.2, 0) is 13.4 Å². The Kier molecular flexibility index (Phi) is 2.90. The van der Waals surface area contributed by atoms with Crippen molar-refractivity contribution in [3.63, 3.8) is 0 Å². The molecule has 4 rings (SSSR count). The Labute approximate surface area is 168 Å². The third-order valence-corrected chi connectivity index (χ3v) is 4.79. The molecular formula is C24H28N3+. The molecule has 0 bridgehead atoms. The highest BCUT2D eigenvalue weighted by Gasteiger charge is 2.21. The fourth-order valence-electron chi connectivity index (χ4n) is 3.57. The normalized spacial score (nSPS) is 16.0. The van der Waals surface area contributed by atoms with Gasteiger partial charge in [0.05, 0.1) is 16.6 Å². The molecule has 27 heavy (non-hydrogen) atoms. The lowest BCUT2D eigenvalue weighted by molar-refractivity contribution is -0.660. The zero-order chi connectivity index (χ0) is 23.6. The summed E-state index contributed by atoms with van der Waals surface area (Å²) in [6.45, 7) is 4.94. The zero-order valence-electron chi connectivity index (χ0n) is 21.5. The predicted molar refractivity (Wildman–Crippen MR) is 112 cm³/mol. The van der Waals surface area contributed by atoms with Crippen molar-refractivity contribution in [2.75, 3.05) is 0 Å². The Hall–Kier alpha value is -2.68. The van der Waals surface area contributed by atoms with Crippen molar-refractivity contribution < 1.29 is 11.4 Å². The standard InChI is InChI=1S/C24H28N3/c1-16-15-26(6)21(13-18(16)14-24(3,4)5)19-10-11-20-23(17(19)2)25-22-9-7-8-12-27(20)22/h7-13,15H,14H2,1-6H3/q+1/i1D3,14D2. The highest BCUT2D eigenvalue weighted by molar-refractivity contribution is 5.88. The largest absolute Gasteiger partial charge is 0.300 e. The van der Waals surface area contributed by atoms with Gasteiger partial charge in [-0.2, -0.15) is 0 Å². The van der Waals surface area contributed by atoms with Gasteiger partial charge < -0.3 is 0 Å². The van der Waals surface area contributed by atoms with Crippen molar-refractivity contribution in [3.05, 3.63) is 65.5 Å². The van der Waals surface area contributed by atoms with Gasteiger partial charge >= 0.3 is 0 Å². The molecule has 4 aromatic rings. The van der Waals surface area contributed by atoms with Gasteiger partial charge in [-0.3, -0.25) is 4.40 Å². The average molecular weight is 364 g/mol. The minimum Gasteiger partial charge on any atom is -0.300 e. The number of pyridine rings is 2. The molecule has 0 saturated carbocycles. The van der Waals surface area contributed by atoms with E-state index in [1.807, 2.05) is 47.9 Å². The lowest BCUT2D eigenvalue weighted by atomic mass is 9.86. The van der Waals surface area contributed by atoms with E-state index in [0.717, 1.165) is 33.5 Å². The van der Waals surface area contributed by atoms with Crippen LogP contribution in [0.3, 0.4) is 0 Å². The maximum Gasteiger partial charge on any atom is 0.212 e. The quantitative estimate of drug-likeness (QED) is 0.449. The van der Waals surface area contributed by atoms with Gasteiger partial charge in [0.2, 0.25) is 5.69 Å². The Bertz CT molecular complexity index is 1340. The predicted octanol–water partition coefficient (Wildman–Crippen LogP) is 5.18. The third kappa shape index (κ3) is 3.12. The van der Waals surface area contributed by atoms with Gasteiger partial charge in [-0.05, 0) is 61.0 Å². The first-order valence-electron chi connectivity index (χ1n) is 11.6. The number of nitrogens with zero attached hydrogens (tertiary/aromatic N) is 3. The summed E-state index contributed by atoms with van der Waals surface area (Å²) in [5.41, 5.74) is 4.78. The Balaban J connectivity index is 2.02. The molecule has 138 valence electrons. The number of imidazole rings is 1. The second kappa shape index (κ2) is 6.19. The van der Waals surface area contributed by atoms with Crippen molar-refractivity contribution in [1.29, 1.82) is 0 Å². The second-order valence-electron chi connectivity index (χ2n) is 8.12. The van der Waals surface area contributed by atoms with Crippen LogP contribution in [-0.4, -0.2) is 9.38 Å². The number of aryl methyl sites for hydroxylation is 3. The smallest absolute Gasteiger partial charge is 0.212 e. The number of hydrogen-bond donors (Lipinski definition) is 0. The van der Waals surface area contributed by atoms with Gasteiger partial charge in [0.1, 0.15) is 12.7 Å². The fraction of sp³-hybridized carbons (Fsp3) is 0.333. The van der Waals surface area contributed by atoms with E-state index < -0.39 is 18.6 Å². The summed E-state index contributed by atoms with van der Waals surface area (Å²) < 4.78 is 45.5. The summed E-state index contributed by atoms with van der Waals surface area (Å²) >= 11 is 0. The molecule has 0 aliphatic rings. The minimum absolute atomic E-state index is 0.0372. The van der Waals surface area contributed by atoms with Gasteiger partial charge in [0.15, 0.2) is 6.20 Å². The monoisotopic (exact) mass is 363 g/mol. The summed E-state index contributed by atoms with van der Waals surface area (Å²) in [5.74, 6) is 0. The van der Waals surface area contributed by atoms with Crippen LogP contribution in [0.2, 0.25) is 0 Å². The second-order valence-corrected chi connectivity index (χ2v) is 8.12. The molecule has 0 aliphatic carbocycles. The Morgan fingerprint density at radius 2 is 2.04 bits per heavy atom. The number of fused-ring (bicyclic) bond motifs is 3. The number of benzene rings is 1. The van der Waals surface area contributed by atoms with Crippen LogP contribution < -0.4 is 4.57 Å². The van der Waals surface area contributed by atoms with Crippen molar-refractivity contribution in [2.45, 2.75) is 40.9 Å². The van der Waals surface area contributed by atoms with Gasteiger partial charge in [-0.1, -0.05) is 26.8 Å². The number of aromatic nitrogens is 3. The molecule has 0 spiro atoms. The third-order valence-electron chi connectivity index (χ3n) is 4.79. The van der Waals surface area contributed by atoms with Gasteiger partial charge in [0.25, 0.3) is 0 Å². The van der Waals surface area contributed by atoms with E-state index in [4.69, 9.17) is 11.8 Å². The first kappa shape index (κ1) is 12.7. The maximum atomic E-state index is 8.82. The van der Waals surface area contributed by atoms with E-state index >= 15 is 0 Å². The molecule has 0 N–H and O–H groups in total. The van der Waals surface area contributed by atoms with Crippen molar-refractivity contribution >= 4 is 16.7 Å². The van der Waals surface area contributed by atoms with Gasteiger partial charge in [0, 0.05) is 24.7 Å². The van der Waals surface area contributed by atoms with E-state index in [1.165, 1.54) is 0 Å². The fourth-order valence-corrected chi connectivity index (χ4v) is 3.57. The van der Waals surface area contributed by atoms with Crippen LogP contribution in [0.15, 0.2) is 48.8 Å². The number of hydrogen-bond acceptors (Lipinski definition) is 1. The Morgan fingerprint density at radius 3 is 2.78 bits per heavy atom. The lowest BCUT2D eigenvalue weighted by Crippen LogP contribution is -2.32. The van der Waals surface area contributed by atoms with Gasteiger partial charge in [-0.15, -0.1) is 0 Å². The summed E-state index contributed by atoms with van der Waals surface area (Å²) in [4.78, 5) is 4.79. The molecule has 3 heterocycles. The molecule has 1 aromatic carbocycles. The summed E-state index contributed by atoms with van der Waals surface area (Å²) in [5, 5.41) is 0. The summed E-state index contributed by atoms with van der Waals surface area (Å²) in [6, 6.07) is 11.6. The van der Waals surface area contributed by atoms with E-state index in [1.54, 1.807) is 44.6 Å². The van der Waals surface area contributed by atoms with E-state index in [9.17, 15) is 0 Å². The van der Waals surface area contributed by atoms with Crippen LogP contribution in [0.5, 0.6) is 0 Å². The van der Waals surface area contributed by atoms with Crippen LogP contribution in [0, 0.1) is 19.2 Å². The van der Waals surface area contributed by atoms with Crippen molar-refractivity contribution in [1.82, 2.24) is 9.38 Å². The summed E-state index contributed by atoms with van der Waals surface area (Å²) in [7, 11) is 1.80. The van der Waals surface area contributed by atoms with E-state index in [-0.39, 0.29) is 11.1 Å². The average Bonchev–Trinajstić information content (AvgIpc) is 3.06. The molecular weight excluding hydrogens is 330 g/mol. The first-order chi connectivity index (χ1) is 14.7.